The molecule has 21 heavy (non-hydrogen) atoms. The number of carbonyl (C=O) groups is 3. The second-order valence-electron chi connectivity index (χ2n) is 4.64. The summed E-state index contributed by atoms with van der Waals surface area (Å²) < 4.78 is 1.10. The summed E-state index contributed by atoms with van der Waals surface area (Å²) in [6.07, 6.45) is 1.44. The van der Waals surface area contributed by atoms with Gasteiger partial charge in [0.15, 0.2) is 0 Å². The van der Waals surface area contributed by atoms with Crippen LogP contribution in [-0.2, 0) is 0 Å². The Hall–Kier alpha value is -2.96. The number of amides is 2. The lowest BCUT2D eigenvalue weighted by molar-refractivity contribution is 0.0643. The van der Waals surface area contributed by atoms with E-state index in [9.17, 15) is 14.4 Å². The highest BCUT2D eigenvalue weighted by atomic mass is 16.2. The maximum atomic E-state index is 12.1. The third kappa shape index (κ3) is 2.18. The van der Waals surface area contributed by atoms with E-state index in [1.54, 1.807) is 24.3 Å². The molecular weight excluding hydrogens is 272 g/mol. The Labute approximate surface area is 119 Å². The van der Waals surface area contributed by atoms with E-state index in [0.717, 1.165) is 9.58 Å². The first kappa shape index (κ1) is 13.0. The van der Waals surface area contributed by atoms with Crippen LogP contribution in [0.5, 0.6) is 0 Å². The van der Waals surface area contributed by atoms with Crippen molar-refractivity contribution in [3.8, 4) is 0 Å². The number of anilines is 1. The van der Waals surface area contributed by atoms with Crippen molar-refractivity contribution >= 4 is 23.5 Å². The molecule has 0 bridgehead atoms. The summed E-state index contributed by atoms with van der Waals surface area (Å²) >= 11 is 0. The summed E-state index contributed by atoms with van der Waals surface area (Å²) in [6, 6.07) is 8.10. The number of nitrogens with two attached hydrogens (primary N) is 1. The van der Waals surface area contributed by atoms with Crippen LogP contribution in [0.3, 0.4) is 0 Å². The zero-order chi connectivity index (χ0) is 15.0. The second-order valence-corrected chi connectivity index (χ2v) is 4.64. The molecule has 1 aromatic heterocycles. The minimum Gasteiger partial charge on any atom is -0.382 e. The molecular formula is C14H12N4O3. The predicted octanol–water partition coefficient (Wildman–Crippen LogP) is 0.792. The van der Waals surface area contributed by atoms with Crippen LogP contribution < -0.4 is 5.73 Å². The molecule has 7 heteroatoms. The van der Waals surface area contributed by atoms with Crippen LogP contribution in [0.25, 0.3) is 0 Å². The van der Waals surface area contributed by atoms with Crippen molar-refractivity contribution in [3.05, 3.63) is 47.7 Å². The van der Waals surface area contributed by atoms with Crippen molar-refractivity contribution in [2.45, 2.75) is 6.42 Å². The van der Waals surface area contributed by atoms with Gasteiger partial charge < -0.3 is 5.73 Å². The largest absolute Gasteiger partial charge is 0.382 e. The molecule has 2 N–H and O–H groups in total. The molecule has 0 radical (unpaired) electrons. The number of nitrogens with zero attached hydrogens (tertiary/aromatic N) is 3. The van der Waals surface area contributed by atoms with Gasteiger partial charge in [-0.05, 0) is 12.1 Å². The maximum absolute atomic E-state index is 12.1. The molecule has 1 aromatic carbocycles. The molecule has 0 saturated carbocycles. The van der Waals surface area contributed by atoms with E-state index in [2.05, 4.69) is 5.10 Å². The summed E-state index contributed by atoms with van der Waals surface area (Å²) in [5.74, 6) is -0.834. The van der Waals surface area contributed by atoms with Gasteiger partial charge in [-0.1, -0.05) is 12.1 Å². The average molecular weight is 284 g/mol. The van der Waals surface area contributed by atoms with Crippen LogP contribution >= 0.6 is 0 Å². The Balaban J connectivity index is 1.71. The Morgan fingerprint density at radius 3 is 2.24 bits per heavy atom. The highest BCUT2D eigenvalue weighted by molar-refractivity contribution is 6.21. The Kier molecular flexibility index (Phi) is 3.02. The number of hydrogen-bond donors (Lipinski definition) is 1. The summed E-state index contributed by atoms with van der Waals surface area (Å²) in [5, 5.41) is 3.79. The molecule has 2 heterocycles. The number of rotatable bonds is 3. The van der Waals surface area contributed by atoms with Gasteiger partial charge in [-0.15, -0.1) is 5.10 Å². The molecule has 2 aromatic rings. The zero-order valence-electron chi connectivity index (χ0n) is 11.0. The lowest BCUT2D eigenvalue weighted by atomic mass is 10.1. The lowest BCUT2D eigenvalue weighted by Gasteiger charge is -2.12. The molecule has 0 saturated heterocycles. The van der Waals surface area contributed by atoms with Gasteiger partial charge in [0.25, 0.3) is 11.8 Å². The zero-order valence-corrected chi connectivity index (χ0v) is 11.0. The molecule has 0 fully saturated rings. The van der Waals surface area contributed by atoms with Crippen molar-refractivity contribution in [1.82, 2.24) is 14.7 Å². The van der Waals surface area contributed by atoms with E-state index in [0.29, 0.717) is 11.1 Å². The molecule has 0 aliphatic carbocycles. The fourth-order valence-corrected chi connectivity index (χ4v) is 2.24. The summed E-state index contributed by atoms with van der Waals surface area (Å²) in [4.78, 5) is 37.2. The Bertz CT molecular complexity index is 715. The lowest BCUT2D eigenvalue weighted by Crippen LogP contribution is -2.32. The maximum Gasteiger partial charge on any atom is 0.261 e. The van der Waals surface area contributed by atoms with Crippen molar-refractivity contribution in [2.24, 2.45) is 0 Å². The van der Waals surface area contributed by atoms with Gasteiger partial charge in [0.2, 0.25) is 5.91 Å². The number of fused-ring (bicyclic) bond motifs is 1. The second kappa shape index (κ2) is 4.86. The first-order chi connectivity index (χ1) is 10.1. The molecule has 1 aliphatic rings. The number of hydrogen-bond acceptors (Lipinski definition) is 5. The summed E-state index contributed by atoms with van der Waals surface area (Å²) in [7, 11) is 0. The van der Waals surface area contributed by atoms with Gasteiger partial charge in [0, 0.05) is 25.2 Å². The van der Waals surface area contributed by atoms with Gasteiger partial charge in [-0.3, -0.25) is 19.3 Å². The van der Waals surface area contributed by atoms with Crippen molar-refractivity contribution < 1.29 is 14.4 Å². The minimum absolute atomic E-state index is 0.00735. The molecule has 2 amide bonds. The monoisotopic (exact) mass is 284 g/mol. The van der Waals surface area contributed by atoms with Gasteiger partial charge in [0.1, 0.15) is 5.82 Å². The molecule has 3 rings (SSSR count). The first-order valence-corrected chi connectivity index (χ1v) is 6.37. The molecule has 0 unspecified atom stereocenters. The number of carbonyl (C=O) groups excluding carboxylic acids is 3. The molecule has 7 nitrogen and oxygen atoms in total. The topological polar surface area (TPSA) is 98.3 Å². The highest BCUT2D eigenvalue weighted by Gasteiger charge is 2.35. The average Bonchev–Trinajstić information content (AvgIpc) is 3.02. The molecule has 106 valence electrons. The van der Waals surface area contributed by atoms with E-state index in [1.807, 2.05) is 0 Å². The van der Waals surface area contributed by atoms with E-state index < -0.39 is 0 Å². The van der Waals surface area contributed by atoms with Crippen molar-refractivity contribution in [3.63, 3.8) is 0 Å². The van der Waals surface area contributed by atoms with E-state index in [1.165, 1.54) is 12.3 Å². The van der Waals surface area contributed by atoms with Crippen LogP contribution in [0.15, 0.2) is 36.5 Å². The van der Waals surface area contributed by atoms with Gasteiger partial charge in [-0.2, -0.15) is 0 Å². The fraction of sp³-hybridized carbons (Fsp3) is 0.143. The first-order valence-electron chi connectivity index (χ1n) is 6.37. The number of imide groups is 1. The van der Waals surface area contributed by atoms with Gasteiger partial charge in [-0.25, -0.2) is 4.68 Å². The predicted molar refractivity (Wildman–Crippen MR) is 73.7 cm³/mol. The Morgan fingerprint density at radius 1 is 1.10 bits per heavy atom. The van der Waals surface area contributed by atoms with Crippen LogP contribution in [0.1, 0.15) is 31.9 Å². The van der Waals surface area contributed by atoms with Crippen LogP contribution in [-0.4, -0.2) is 38.9 Å². The normalized spacial score (nSPS) is 13.6. The van der Waals surface area contributed by atoms with Crippen LogP contribution in [0.2, 0.25) is 0 Å². The van der Waals surface area contributed by atoms with E-state index >= 15 is 0 Å². The Morgan fingerprint density at radius 2 is 1.71 bits per heavy atom. The van der Waals surface area contributed by atoms with Crippen molar-refractivity contribution in [1.29, 1.82) is 0 Å². The quantitative estimate of drug-likeness (QED) is 0.840. The third-order valence-corrected chi connectivity index (χ3v) is 3.29. The van der Waals surface area contributed by atoms with Gasteiger partial charge >= 0.3 is 0 Å². The minimum atomic E-state index is -0.372. The summed E-state index contributed by atoms with van der Waals surface area (Å²) in [6.45, 7) is 0.0188. The van der Waals surface area contributed by atoms with Crippen molar-refractivity contribution in [2.75, 3.05) is 12.3 Å². The number of benzene rings is 1. The molecule has 0 atom stereocenters. The standard InChI is InChI=1S/C14H12N4O3/c15-11-5-8-18(16-11)12(19)6-7-17-13(20)9-3-1-2-4-10(9)14(17)21/h1-5,8H,6-7H2,(H2,15,16). The third-order valence-electron chi connectivity index (χ3n) is 3.29. The van der Waals surface area contributed by atoms with Gasteiger partial charge in [0.05, 0.1) is 11.1 Å². The van der Waals surface area contributed by atoms with Crippen LogP contribution in [0, 0.1) is 0 Å². The molecule has 0 spiro atoms. The van der Waals surface area contributed by atoms with E-state index in [4.69, 9.17) is 5.73 Å². The highest BCUT2D eigenvalue weighted by Crippen LogP contribution is 2.22. The summed E-state index contributed by atoms with van der Waals surface area (Å²) in [5.41, 5.74) is 6.18. The van der Waals surface area contributed by atoms with E-state index in [-0.39, 0.29) is 36.5 Å². The fourth-order valence-electron chi connectivity index (χ4n) is 2.24. The van der Waals surface area contributed by atoms with Crippen LogP contribution in [0.4, 0.5) is 5.82 Å². The smallest absolute Gasteiger partial charge is 0.261 e. The number of nitrogen functional groups attached to an aromatic ring is 1. The molecule has 1 aliphatic heterocycles. The number of aromatic nitrogens is 2. The SMILES string of the molecule is Nc1ccn(C(=O)CCN2C(=O)c3ccccc3C2=O)n1.